The van der Waals surface area contributed by atoms with Crippen molar-refractivity contribution in [3.05, 3.63) is 48.3 Å². The van der Waals surface area contributed by atoms with Gasteiger partial charge in [0.25, 0.3) is 5.91 Å². The molecule has 0 saturated heterocycles. The normalized spacial score (nSPS) is 10.0. The molecule has 0 spiro atoms. The van der Waals surface area contributed by atoms with Crippen LogP contribution in [-0.2, 0) is 6.54 Å². The quantitative estimate of drug-likeness (QED) is 0.823. The van der Waals surface area contributed by atoms with Crippen molar-refractivity contribution in [3.8, 4) is 5.75 Å². The molecule has 6 heteroatoms. The Kier molecular flexibility index (Phi) is 4.02. The Bertz CT molecular complexity index is 560. The SMILES string of the molecule is COc1ccnc(C(=O)N(C)Cc2cnccn2)c1. The van der Waals surface area contributed by atoms with Gasteiger partial charge in [-0.05, 0) is 6.07 Å². The molecule has 0 radical (unpaired) electrons. The number of pyridine rings is 1. The summed E-state index contributed by atoms with van der Waals surface area (Å²) in [6.45, 7) is 0.381. The third-order valence-corrected chi connectivity index (χ3v) is 2.55. The van der Waals surface area contributed by atoms with E-state index in [2.05, 4.69) is 15.0 Å². The lowest BCUT2D eigenvalue weighted by Crippen LogP contribution is -2.27. The summed E-state index contributed by atoms with van der Waals surface area (Å²) in [5.41, 5.74) is 1.06. The molecule has 2 heterocycles. The van der Waals surface area contributed by atoms with Crippen LogP contribution in [0.25, 0.3) is 0 Å². The minimum atomic E-state index is -0.190. The smallest absolute Gasteiger partial charge is 0.272 e. The molecular weight excluding hydrogens is 244 g/mol. The molecule has 98 valence electrons. The second-order valence-corrected chi connectivity index (χ2v) is 3.94. The zero-order valence-electron chi connectivity index (χ0n) is 10.8. The standard InChI is InChI=1S/C13H14N4O2/c1-17(9-10-8-14-5-6-15-10)13(18)12-7-11(19-2)3-4-16-12/h3-8H,9H2,1-2H3. The summed E-state index contributed by atoms with van der Waals surface area (Å²) in [4.78, 5) is 25.8. The number of aromatic nitrogens is 3. The first kappa shape index (κ1) is 12.9. The van der Waals surface area contributed by atoms with Gasteiger partial charge in [-0.3, -0.25) is 19.7 Å². The van der Waals surface area contributed by atoms with E-state index in [9.17, 15) is 4.79 Å². The van der Waals surface area contributed by atoms with Crippen molar-refractivity contribution < 1.29 is 9.53 Å². The van der Waals surface area contributed by atoms with Gasteiger partial charge in [-0.1, -0.05) is 0 Å². The van der Waals surface area contributed by atoms with Crippen molar-refractivity contribution in [1.82, 2.24) is 19.9 Å². The second-order valence-electron chi connectivity index (χ2n) is 3.94. The first-order valence-electron chi connectivity index (χ1n) is 5.71. The zero-order chi connectivity index (χ0) is 13.7. The first-order chi connectivity index (χ1) is 9.20. The minimum absolute atomic E-state index is 0.190. The van der Waals surface area contributed by atoms with E-state index in [1.807, 2.05) is 0 Å². The Hall–Kier alpha value is -2.50. The van der Waals surface area contributed by atoms with Crippen LogP contribution in [0.15, 0.2) is 36.9 Å². The van der Waals surface area contributed by atoms with Crippen molar-refractivity contribution >= 4 is 5.91 Å². The second kappa shape index (κ2) is 5.90. The minimum Gasteiger partial charge on any atom is -0.497 e. The largest absolute Gasteiger partial charge is 0.497 e. The van der Waals surface area contributed by atoms with Gasteiger partial charge in [-0.15, -0.1) is 0 Å². The lowest BCUT2D eigenvalue weighted by Gasteiger charge is -2.16. The predicted octanol–water partition coefficient (Wildman–Crippen LogP) is 1.15. The Morgan fingerprint density at radius 1 is 1.32 bits per heavy atom. The molecule has 0 saturated carbocycles. The van der Waals surface area contributed by atoms with Crippen LogP contribution < -0.4 is 4.74 Å². The summed E-state index contributed by atoms with van der Waals surface area (Å²) in [6, 6.07) is 3.30. The highest BCUT2D eigenvalue weighted by molar-refractivity contribution is 5.92. The average molecular weight is 258 g/mol. The fourth-order valence-corrected chi connectivity index (χ4v) is 1.58. The van der Waals surface area contributed by atoms with Crippen LogP contribution >= 0.6 is 0 Å². The maximum absolute atomic E-state index is 12.2. The molecule has 0 bridgehead atoms. The van der Waals surface area contributed by atoms with Crippen LogP contribution in [0, 0.1) is 0 Å². The van der Waals surface area contributed by atoms with Crippen LogP contribution in [0.2, 0.25) is 0 Å². The third kappa shape index (κ3) is 3.25. The molecule has 0 atom stereocenters. The number of rotatable bonds is 4. The summed E-state index contributed by atoms with van der Waals surface area (Å²) >= 11 is 0. The molecule has 2 aromatic heterocycles. The number of nitrogens with zero attached hydrogens (tertiary/aromatic N) is 4. The molecule has 6 nitrogen and oxygen atoms in total. The maximum atomic E-state index is 12.2. The van der Waals surface area contributed by atoms with Crippen LogP contribution in [0.5, 0.6) is 5.75 Å². The summed E-state index contributed by atoms with van der Waals surface area (Å²) in [7, 11) is 3.24. The van der Waals surface area contributed by atoms with Gasteiger partial charge in [0, 0.05) is 31.7 Å². The number of amides is 1. The highest BCUT2D eigenvalue weighted by Gasteiger charge is 2.14. The lowest BCUT2D eigenvalue weighted by atomic mass is 10.3. The summed E-state index contributed by atoms with van der Waals surface area (Å²) in [5, 5.41) is 0. The van der Waals surface area contributed by atoms with E-state index in [1.165, 1.54) is 4.90 Å². The van der Waals surface area contributed by atoms with Crippen LogP contribution in [0.1, 0.15) is 16.2 Å². The predicted molar refractivity (Wildman–Crippen MR) is 68.6 cm³/mol. The highest BCUT2D eigenvalue weighted by atomic mass is 16.5. The number of ether oxygens (including phenoxy) is 1. The number of carbonyl (C=O) groups excluding carboxylic acids is 1. The van der Waals surface area contributed by atoms with Crippen molar-refractivity contribution in [2.75, 3.05) is 14.2 Å². The van der Waals surface area contributed by atoms with Gasteiger partial charge in [0.2, 0.25) is 0 Å². The van der Waals surface area contributed by atoms with E-state index in [4.69, 9.17) is 4.74 Å². The van der Waals surface area contributed by atoms with Crippen molar-refractivity contribution in [2.24, 2.45) is 0 Å². The zero-order valence-corrected chi connectivity index (χ0v) is 10.8. The Balaban J connectivity index is 2.10. The lowest BCUT2D eigenvalue weighted by molar-refractivity contribution is 0.0777. The van der Waals surface area contributed by atoms with E-state index in [1.54, 1.807) is 51.1 Å². The molecule has 0 fully saturated rings. The van der Waals surface area contributed by atoms with Crippen LogP contribution in [-0.4, -0.2) is 39.9 Å². The molecule has 2 rings (SSSR count). The van der Waals surface area contributed by atoms with Gasteiger partial charge in [0.15, 0.2) is 0 Å². The van der Waals surface area contributed by atoms with Gasteiger partial charge in [-0.25, -0.2) is 0 Å². The number of hydrogen-bond acceptors (Lipinski definition) is 5. The van der Waals surface area contributed by atoms with Crippen molar-refractivity contribution in [1.29, 1.82) is 0 Å². The van der Waals surface area contributed by atoms with Gasteiger partial charge in [0.05, 0.1) is 25.5 Å². The topological polar surface area (TPSA) is 68.2 Å². The molecule has 0 aliphatic carbocycles. The Morgan fingerprint density at radius 2 is 2.16 bits per heavy atom. The Labute approximate surface area is 111 Å². The molecule has 0 unspecified atom stereocenters. The van der Waals surface area contributed by atoms with Gasteiger partial charge < -0.3 is 9.64 Å². The molecule has 0 N–H and O–H groups in total. The number of hydrogen-bond donors (Lipinski definition) is 0. The molecule has 0 aliphatic rings. The number of carbonyl (C=O) groups is 1. The van der Waals surface area contributed by atoms with Crippen LogP contribution in [0.3, 0.4) is 0 Å². The molecule has 0 aromatic carbocycles. The van der Waals surface area contributed by atoms with E-state index < -0.39 is 0 Å². The molecular formula is C13H14N4O2. The maximum Gasteiger partial charge on any atom is 0.272 e. The molecule has 2 aromatic rings. The fourth-order valence-electron chi connectivity index (χ4n) is 1.58. The summed E-state index contributed by atoms with van der Waals surface area (Å²) < 4.78 is 5.07. The fraction of sp³-hybridized carbons (Fsp3) is 0.231. The molecule has 1 amide bonds. The average Bonchev–Trinajstić information content (AvgIpc) is 2.47. The van der Waals surface area contributed by atoms with Gasteiger partial charge >= 0.3 is 0 Å². The van der Waals surface area contributed by atoms with Gasteiger partial charge in [0.1, 0.15) is 11.4 Å². The first-order valence-corrected chi connectivity index (χ1v) is 5.71. The molecule has 0 aliphatic heterocycles. The van der Waals surface area contributed by atoms with E-state index in [0.29, 0.717) is 18.0 Å². The number of methoxy groups -OCH3 is 1. The third-order valence-electron chi connectivity index (χ3n) is 2.55. The van der Waals surface area contributed by atoms with Crippen LogP contribution in [0.4, 0.5) is 0 Å². The van der Waals surface area contributed by atoms with E-state index in [-0.39, 0.29) is 5.91 Å². The van der Waals surface area contributed by atoms with E-state index in [0.717, 1.165) is 5.69 Å². The summed E-state index contributed by atoms with van der Waals surface area (Å²) in [5.74, 6) is 0.413. The van der Waals surface area contributed by atoms with Gasteiger partial charge in [-0.2, -0.15) is 0 Å². The summed E-state index contributed by atoms with van der Waals surface area (Å²) in [6.07, 6.45) is 6.36. The monoisotopic (exact) mass is 258 g/mol. The van der Waals surface area contributed by atoms with Crippen molar-refractivity contribution in [3.63, 3.8) is 0 Å². The Morgan fingerprint density at radius 3 is 2.84 bits per heavy atom. The van der Waals surface area contributed by atoms with E-state index >= 15 is 0 Å². The van der Waals surface area contributed by atoms with Crippen molar-refractivity contribution in [2.45, 2.75) is 6.54 Å². The highest BCUT2D eigenvalue weighted by Crippen LogP contribution is 2.12. The molecule has 19 heavy (non-hydrogen) atoms.